The minimum absolute atomic E-state index is 1.05. The van der Waals surface area contributed by atoms with Gasteiger partial charge in [-0.15, -0.1) is 0 Å². The van der Waals surface area contributed by atoms with Gasteiger partial charge in [0.05, 0.1) is 0 Å². The summed E-state index contributed by atoms with van der Waals surface area (Å²) >= 11 is 0. The molecule has 0 aromatic carbocycles. The van der Waals surface area contributed by atoms with Gasteiger partial charge in [-0.25, -0.2) is 0 Å². The zero-order valence-corrected chi connectivity index (χ0v) is 7.68. The fraction of sp³-hybridized carbons (Fsp3) is 1.00. The first-order chi connectivity index (χ1) is 5.38. The molecule has 0 aliphatic heterocycles. The highest BCUT2D eigenvalue weighted by Crippen LogP contribution is 2.45. The van der Waals surface area contributed by atoms with Crippen molar-refractivity contribution < 1.29 is 0 Å². The third kappa shape index (κ3) is 1.77. The van der Waals surface area contributed by atoms with Crippen LogP contribution in [-0.4, -0.2) is 0 Å². The van der Waals surface area contributed by atoms with Gasteiger partial charge in [-0.05, 0) is 37.0 Å². The summed E-state index contributed by atoms with van der Waals surface area (Å²) in [5, 5.41) is 0. The molecule has 2 fully saturated rings. The monoisotopic (exact) mass is 152 g/mol. The quantitative estimate of drug-likeness (QED) is 0.503. The summed E-state index contributed by atoms with van der Waals surface area (Å²) in [6.07, 6.45) is 10.7. The zero-order chi connectivity index (χ0) is 7.68. The fourth-order valence-corrected chi connectivity index (χ4v) is 2.75. The zero-order valence-electron chi connectivity index (χ0n) is 7.68. The van der Waals surface area contributed by atoms with E-state index in [0.29, 0.717) is 0 Å². The molecule has 2 aliphatic rings. The van der Waals surface area contributed by atoms with E-state index in [4.69, 9.17) is 0 Å². The Morgan fingerprint density at radius 2 is 1.55 bits per heavy atom. The Balaban J connectivity index is 1.91. The predicted molar refractivity (Wildman–Crippen MR) is 48.5 cm³/mol. The first-order valence-corrected chi connectivity index (χ1v) is 5.38. The maximum atomic E-state index is 2.48. The second-order valence-corrected chi connectivity index (χ2v) is 4.62. The van der Waals surface area contributed by atoms with Gasteiger partial charge in [-0.2, -0.15) is 0 Å². The van der Waals surface area contributed by atoms with Crippen LogP contribution in [0.15, 0.2) is 0 Å². The standard InChI is InChI=1S/C11H20/c1-9-5-3-2-4-6-11(9)10-7-8-10/h9-11H,2-8H2,1H3. The second-order valence-electron chi connectivity index (χ2n) is 4.62. The van der Waals surface area contributed by atoms with Crippen LogP contribution in [0.5, 0.6) is 0 Å². The lowest BCUT2D eigenvalue weighted by Gasteiger charge is -2.20. The van der Waals surface area contributed by atoms with E-state index in [1.807, 2.05) is 0 Å². The molecule has 0 saturated heterocycles. The molecule has 0 aromatic rings. The number of hydrogen-bond acceptors (Lipinski definition) is 0. The molecule has 2 unspecified atom stereocenters. The van der Waals surface area contributed by atoms with Gasteiger partial charge in [-0.1, -0.05) is 32.6 Å². The van der Waals surface area contributed by atoms with E-state index in [-0.39, 0.29) is 0 Å². The summed E-state index contributed by atoms with van der Waals surface area (Å²) in [6.45, 7) is 2.48. The van der Waals surface area contributed by atoms with Crippen LogP contribution in [0.2, 0.25) is 0 Å². The van der Waals surface area contributed by atoms with Crippen LogP contribution < -0.4 is 0 Å². The number of hydrogen-bond donors (Lipinski definition) is 0. The van der Waals surface area contributed by atoms with Crippen molar-refractivity contribution >= 4 is 0 Å². The Kier molecular flexibility index (Phi) is 2.20. The lowest BCUT2D eigenvalue weighted by molar-refractivity contribution is 0.300. The first-order valence-electron chi connectivity index (χ1n) is 5.38. The third-order valence-corrected chi connectivity index (χ3v) is 3.66. The molecule has 0 nitrogen and oxygen atoms in total. The molecule has 2 aliphatic carbocycles. The van der Waals surface area contributed by atoms with Crippen molar-refractivity contribution in [3.63, 3.8) is 0 Å². The van der Waals surface area contributed by atoms with Gasteiger partial charge in [0.15, 0.2) is 0 Å². The molecule has 0 amide bonds. The third-order valence-electron chi connectivity index (χ3n) is 3.66. The molecule has 0 heteroatoms. The summed E-state index contributed by atoms with van der Waals surface area (Å²) in [5.74, 6) is 3.32. The van der Waals surface area contributed by atoms with Gasteiger partial charge in [0.1, 0.15) is 0 Å². The van der Waals surface area contributed by atoms with Crippen molar-refractivity contribution in [2.45, 2.75) is 51.9 Å². The molecule has 0 bridgehead atoms. The van der Waals surface area contributed by atoms with E-state index in [1.165, 1.54) is 25.7 Å². The van der Waals surface area contributed by atoms with Gasteiger partial charge >= 0.3 is 0 Å². The second kappa shape index (κ2) is 3.16. The molecule has 2 rings (SSSR count). The van der Waals surface area contributed by atoms with Crippen molar-refractivity contribution in [3.8, 4) is 0 Å². The molecular weight excluding hydrogens is 132 g/mol. The van der Waals surface area contributed by atoms with Gasteiger partial charge < -0.3 is 0 Å². The van der Waals surface area contributed by atoms with E-state index in [2.05, 4.69) is 6.92 Å². The average Bonchev–Trinajstić information content (AvgIpc) is 2.74. The Morgan fingerprint density at radius 1 is 0.818 bits per heavy atom. The summed E-state index contributed by atoms with van der Waals surface area (Å²) in [5.41, 5.74) is 0. The summed E-state index contributed by atoms with van der Waals surface area (Å²) in [6, 6.07) is 0. The van der Waals surface area contributed by atoms with Crippen molar-refractivity contribution in [1.29, 1.82) is 0 Å². The molecule has 64 valence electrons. The van der Waals surface area contributed by atoms with Gasteiger partial charge in [0.25, 0.3) is 0 Å². The molecule has 0 N–H and O–H groups in total. The van der Waals surface area contributed by atoms with E-state index in [1.54, 1.807) is 19.3 Å². The molecule has 11 heavy (non-hydrogen) atoms. The van der Waals surface area contributed by atoms with Gasteiger partial charge in [0.2, 0.25) is 0 Å². The first kappa shape index (κ1) is 7.64. The Bertz CT molecular complexity index is 124. The van der Waals surface area contributed by atoms with Crippen molar-refractivity contribution in [2.75, 3.05) is 0 Å². The molecule has 2 atom stereocenters. The maximum absolute atomic E-state index is 2.48. The lowest BCUT2D eigenvalue weighted by Crippen LogP contribution is -2.11. The smallest absolute Gasteiger partial charge is 0.0360 e. The Labute approximate surface area is 70.4 Å². The van der Waals surface area contributed by atoms with Gasteiger partial charge in [0, 0.05) is 0 Å². The molecule has 0 spiro atoms. The SMILES string of the molecule is CC1CCCCCC1C1CC1. The van der Waals surface area contributed by atoms with Crippen LogP contribution in [0.4, 0.5) is 0 Å². The normalized spacial score (nSPS) is 40.1. The molecule has 0 radical (unpaired) electrons. The van der Waals surface area contributed by atoms with Gasteiger partial charge in [-0.3, -0.25) is 0 Å². The van der Waals surface area contributed by atoms with Crippen LogP contribution in [0.1, 0.15) is 51.9 Å². The lowest BCUT2D eigenvalue weighted by atomic mass is 9.86. The minimum Gasteiger partial charge on any atom is -0.0622 e. The van der Waals surface area contributed by atoms with Crippen molar-refractivity contribution in [1.82, 2.24) is 0 Å². The summed E-state index contributed by atoms with van der Waals surface area (Å²) < 4.78 is 0. The van der Waals surface area contributed by atoms with E-state index in [0.717, 1.165) is 17.8 Å². The number of rotatable bonds is 1. The molecule has 2 saturated carbocycles. The average molecular weight is 152 g/mol. The minimum atomic E-state index is 1.05. The predicted octanol–water partition coefficient (Wildman–Crippen LogP) is 3.61. The van der Waals surface area contributed by atoms with Crippen LogP contribution in [0.25, 0.3) is 0 Å². The molecule has 0 heterocycles. The van der Waals surface area contributed by atoms with Crippen LogP contribution in [0.3, 0.4) is 0 Å². The highest BCUT2D eigenvalue weighted by Gasteiger charge is 2.34. The van der Waals surface area contributed by atoms with Crippen LogP contribution >= 0.6 is 0 Å². The highest BCUT2D eigenvalue weighted by molar-refractivity contribution is 4.85. The van der Waals surface area contributed by atoms with Crippen LogP contribution in [0, 0.1) is 17.8 Å². The van der Waals surface area contributed by atoms with Crippen molar-refractivity contribution in [3.05, 3.63) is 0 Å². The summed E-state index contributed by atoms with van der Waals surface area (Å²) in [7, 11) is 0. The van der Waals surface area contributed by atoms with Crippen LogP contribution in [-0.2, 0) is 0 Å². The van der Waals surface area contributed by atoms with Crippen molar-refractivity contribution in [2.24, 2.45) is 17.8 Å². The largest absolute Gasteiger partial charge is 0.0622 e. The Morgan fingerprint density at radius 3 is 2.27 bits per heavy atom. The van der Waals surface area contributed by atoms with E-state index in [9.17, 15) is 0 Å². The molecular formula is C11H20. The fourth-order valence-electron chi connectivity index (χ4n) is 2.75. The Hall–Kier alpha value is 0. The van der Waals surface area contributed by atoms with E-state index < -0.39 is 0 Å². The topological polar surface area (TPSA) is 0 Å². The summed E-state index contributed by atoms with van der Waals surface area (Å²) in [4.78, 5) is 0. The maximum Gasteiger partial charge on any atom is -0.0360 e. The molecule has 0 aromatic heterocycles. The van der Waals surface area contributed by atoms with E-state index >= 15 is 0 Å². The highest BCUT2D eigenvalue weighted by atomic mass is 14.4.